The van der Waals surface area contributed by atoms with E-state index in [4.69, 9.17) is 0 Å². The zero-order chi connectivity index (χ0) is 9.44. The van der Waals surface area contributed by atoms with E-state index in [-0.39, 0.29) is 5.78 Å². The molecule has 0 heterocycles. The Hall–Kier alpha value is -0.240. The quantitative estimate of drug-likeness (QED) is 0.598. The minimum Gasteiger partial charge on any atom is -0.294 e. The lowest BCUT2D eigenvalue weighted by atomic mass is 10.3. The smallest absolute Gasteiger partial charge is 0.166 e. The average molecular weight is 174 g/mol. The van der Waals surface area contributed by atoms with Crippen molar-refractivity contribution in [2.45, 2.75) is 34.6 Å². The predicted octanol–water partition coefficient (Wildman–Crippen LogP) is 3.26. The van der Waals surface area contributed by atoms with E-state index in [0.29, 0.717) is 0 Å². The van der Waals surface area contributed by atoms with Crippen molar-refractivity contribution in [3.8, 4) is 0 Å². The molecule has 0 unspecified atom stereocenters. The first-order chi connectivity index (χ1) is 5.09. The standard InChI is InChI=1S/C7H12OS.C2H6/c1-5(2)7(9-4)6(3)8;1-2/h1-4H3;1-2H3. The van der Waals surface area contributed by atoms with E-state index in [1.807, 2.05) is 34.0 Å². The first-order valence-electron chi connectivity index (χ1n) is 3.82. The van der Waals surface area contributed by atoms with Crippen molar-refractivity contribution in [3.63, 3.8) is 0 Å². The maximum absolute atomic E-state index is 10.7. The van der Waals surface area contributed by atoms with Crippen molar-refractivity contribution in [2.75, 3.05) is 6.26 Å². The third-order valence-electron chi connectivity index (χ3n) is 0.978. The van der Waals surface area contributed by atoms with Crippen LogP contribution in [0.3, 0.4) is 0 Å². The van der Waals surface area contributed by atoms with Crippen molar-refractivity contribution in [1.82, 2.24) is 0 Å². The van der Waals surface area contributed by atoms with Gasteiger partial charge in [-0.1, -0.05) is 19.4 Å². The maximum Gasteiger partial charge on any atom is 0.166 e. The molecule has 0 aliphatic rings. The van der Waals surface area contributed by atoms with Crippen molar-refractivity contribution >= 4 is 17.5 Å². The fourth-order valence-corrected chi connectivity index (χ4v) is 1.40. The third kappa shape index (κ3) is 6.17. The molecule has 0 saturated carbocycles. The fourth-order valence-electron chi connectivity index (χ4n) is 0.700. The summed E-state index contributed by atoms with van der Waals surface area (Å²) >= 11 is 1.52. The van der Waals surface area contributed by atoms with Crippen LogP contribution in [0.1, 0.15) is 34.6 Å². The molecule has 0 amide bonds. The highest BCUT2D eigenvalue weighted by molar-refractivity contribution is 8.03. The van der Waals surface area contributed by atoms with Gasteiger partial charge < -0.3 is 0 Å². The molecule has 0 spiro atoms. The number of carbonyl (C=O) groups is 1. The molecule has 66 valence electrons. The third-order valence-corrected chi connectivity index (χ3v) is 2.08. The van der Waals surface area contributed by atoms with E-state index in [1.165, 1.54) is 11.8 Å². The monoisotopic (exact) mass is 174 g/mol. The summed E-state index contributed by atoms with van der Waals surface area (Å²) in [7, 11) is 0. The summed E-state index contributed by atoms with van der Waals surface area (Å²) in [6.07, 6.45) is 1.92. The van der Waals surface area contributed by atoms with Gasteiger partial charge in [-0.2, -0.15) is 0 Å². The highest BCUT2D eigenvalue weighted by Crippen LogP contribution is 2.16. The number of hydrogen-bond donors (Lipinski definition) is 0. The van der Waals surface area contributed by atoms with Gasteiger partial charge in [0.25, 0.3) is 0 Å². The minimum absolute atomic E-state index is 0.169. The Labute approximate surface area is 74.3 Å². The SMILES string of the molecule is CC.CSC(C(C)=O)=C(C)C. The Bertz CT molecular complexity index is 144. The second kappa shape index (κ2) is 7.86. The Balaban J connectivity index is 0. The number of hydrogen-bond acceptors (Lipinski definition) is 2. The summed E-state index contributed by atoms with van der Waals surface area (Å²) in [5.74, 6) is 0.169. The average Bonchev–Trinajstić information content (AvgIpc) is 1.91. The van der Waals surface area contributed by atoms with E-state index >= 15 is 0 Å². The molecule has 11 heavy (non-hydrogen) atoms. The van der Waals surface area contributed by atoms with Crippen LogP contribution in [0.15, 0.2) is 10.5 Å². The van der Waals surface area contributed by atoms with Crippen LogP contribution in [0.4, 0.5) is 0 Å². The number of rotatable bonds is 2. The van der Waals surface area contributed by atoms with Crippen LogP contribution in [0, 0.1) is 0 Å². The molecule has 0 fully saturated rings. The second-order valence-corrected chi connectivity index (χ2v) is 2.91. The lowest BCUT2D eigenvalue weighted by Gasteiger charge is -1.99. The van der Waals surface area contributed by atoms with Crippen LogP contribution in [0.5, 0.6) is 0 Å². The lowest BCUT2D eigenvalue weighted by Crippen LogP contribution is -1.93. The lowest BCUT2D eigenvalue weighted by molar-refractivity contribution is -0.113. The van der Waals surface area contributed by atoms with E-state index in [1.54, 1.807) is 6.92 Å². The van der Waals surface area contributed by atoms with Crippen LogP contribution >= 0.6 is 11.8 Å². The van der Waals surface area contributed by atoms with Crippen LogP contribution in [0.2, 0.25) is 0 Å². The molecule has 0 radical (unpaired) electrons. The Morgan fingerprint density at radius 3 is 1.45 bits per heavy atom. The van der Waals surface area contributed by atoms with Gasteiger partial charge in [0, 0.05) is 4.91 Å². The molecule has 0 saturated heterocycles. The van der Waals surface area contributed by atoms with Gasteiger partial charge in [-0.05, 0) is 27.0 Å². The Kier molecular flexibility index (Phi) is 9.55. The van der Waals surface area contributed by atoms with Gasteiger partial charge in [-0.25, -0.2) is 0 Å². The van der Waals surface area contributed by atoms with Crippen LogP contribution in [0.25, 0.3) is 0 Å². The van der Waals surface area contributed by atoms with E-state index in [0.717, 1.165) is 10.5 Å². The predicted molar refractivity (Wildman–Crippen MR) is 53.9 cm³/mol. The van der Waals surface area contributed by atoms with E-state index < -0.39 is 0 Å². The van der Waals surface area contributed by atoms with Gasteiger partial charge in [0.15, 0.2) is 5.78 Å². The minimum atomic E-state index is 0.169. The molecule has 0 aromatic carbocycles. The summed E-state index contributed by atoms with van der Waals surface area (Å²) in [6, 6.07) is 0. The molecule has 0 aliphatic carbocycles. The van der Waals surface area contributed by atoms with Crippen LogP contribution < -0.4 is 0 Å². The summed E-state index contributed by atoms with van der Waals surface area (Å²) < 4.78 is 0. The Morgan fingerprint density at radius 2 is 1.45 bits per heavy atom. The number of allylic oxidation sites excluding steroid dienone is 2. The molecular weight excluding hydrogens is 156 g/mol. The first-order valence-corrected chi connectivity index (χ1v) is 5.04. The summed E-state index contributed by atoms with van der Waals surface area (Å²) in [5, 5.41) is 0. The van der Waals surface area contributed by atoms with Crippen LogP contribution in [-0.4, -0.2) is 12.0 Å². The normalized spacial score (nSPS) is 7.82. The molecule has 0 atom stereocenters. The Morgan fingerprint density at radius 1 is 1.09 bits per heavy atom. The molecule has 0 rings (SSSR count). The number of Topliss-reactive ketones (excluding diaryl/α,β-unsaturated/α-hetero) is 1. The largest absolute Gasteiger partial charge is 0.294 e. The highest BCUT2D eigenvalue weighted by Gasteiger charge is 2.01. The number of thioether (sulfide) groups is 1. The molecular formula is C9H18OS. The molecule has 0 aromatic rings. The van der Waals surface area contributed by atoms with Gasteiger partial charge in [-0.3, -0.25) is 4.79 Å². The zero-order valence-corrected chi connectivity index (χ0v) is 9.13. The van der Waals surface area contributed by atoms with Gasteiger partial charge in [0.1, 0.15) is 0 Å². The van der Waals surface area contributed by atoms with Gasteiger partial charge >= 0.3 is 0 Å². The van der Waals surface area contributed by atoms with Crippen LogP contribution in [-0.2, 0) is 4.79 Å². The molecule has 0 aliphatic heterocycles. The molecule has 0 bridgehead atoms. The van der Waals surface area contributed by atoms with Gasteiger partial charge in [-0.15, -0.1) is 11.8 Å². The summed E-state index contributed by atoms with van der Waals surface area (Å²) in [5.41, 5.74) is 1.11. The molecule has 2 heteroatoms. The highest BCUT2D eigenvalue weighted by atomic mass is 32.2. The number of ketones is 1. The van der Waals surface area contributed by atoms with Crippen molar-refractivity contribution < 1.29 is 4.79 Å². The number of carbonyl (C=O) groups excluding carboxylic acids is 1. The van der Waals surface area contributed by atoms with Crippen molar-refractivity contribution in [1.29, 1.82) is 0 Å². The van der Waals surface area contributed by atoms with Gasteiger partial charge in [0.05, 0.1) is 0 Å². The topological polar surface area (TPSA) is 17.1 Å². The first kappa shape index (κ1) is 13.4. The zero-order valence-electron chi connectivity index (χ0n) is 8.32. The van der Waals surface area contributed by atoms with Gasteiger partial charge in [0.2, 0.25) is 0 Å². The second-order valence-electron chi connectivity index (χ2n) is 2.09. The fraction of sp³-hybridized carbons (Fsp3) is 0.667. The van der Waals surface area contributed by atoms with Crippen molar-refractivity contribution in [2.24, 2.45) is 0 Å². The summed E-state index contributed by atoms with van der Waals surface area (Å²) in [6.45, 7) is 9.50. The van der Waals surface area contributed by atoms with E-state index in [9.17, 15) is 4.79 Å². The van der Waals surface area contributed by atoms with Crippen molar-refractivity contribution in [3.05, 3.63) is 10.5 Å². The molecule has 1 nitrogen and oxygen atoms in total. The molecule has 0 N–H and O–H groups in total. The van der Waals surface area contributed by atoms with E-state index in [2.05, 4.69) is 0 Å². The molecule has 0 aromatic heterocycles. The maximum atomic E-state index is 10.7. The summed E-state index contributed by atoms with van der Waals surface area (Å²) in [4.78, 5) is 11.6.